The highest BCUT2D eigenvalue weighted by Crippen LogP contribution is 2.29. The fourth-order valence-electron chi connectivity index (χ4n) is 2.23. The van der Waals surface area contributed by atoms with E-state index >= 15 is 0 Å². The van der Waals surface area contributed by atoms with Crippen LogP contribution in [0.2, 0.25) is 0 Å². The Hall–Kier alpha value is -2.16. The maximum absolute atomic E-state index is 12.5. The second-order valence-electron chi connectivity index (χ2n) is 5.33. The number of benzene rings is 2. The highest BCUT2D eigenvalue weighted by molar-refractivity contribution is 8.02. The Balaban J connectivity index is 1.71. The smallest absolute Gasteiger partial charge is 0.237 e. The van der Waals surface area contributed by atoms with Gasteiger partial charge in [0.2, 0.25) is 5.91 Å². The number of para-hydroxylation sites is 3. The average molecular weight is 404 g/mol. The lowest BCUT2D eigenvalue weighted by atomic mass is 10.3. The molecule has 0 aliphatic carbocycles. The molecule has 1 aromatic heterocycles. The summed E-state index contributed by atoms with van der Waals surface area (Å²) in [7, 11) is 1.58. The number of aromatic nitrogens is 2. The van der Waals surface area contributed by atoms with Crippen LogP contribution in [0.4, 0.5) is 5.69 Å². The number of carbonyl (C=O) groups is 1. The Bertz CT molecular complexity index is 954. The largest absolute Gasteiger partial charge is 0.495 e. The molecule has 0 aliphatic rings. The Morgan fingerprint density at radius 1 is 1.23 bits per heavy atom. The van der Waals surface area contributed by atoms with Gasteiger partial charge in [0.1, 0.15) is 5.75 Å². The molecule has 0 radical (unpaired) electrons. The van der Waals surface area contributed by atoms with Crippen LogP contribution in [0.25, 0.3) is 5.69 Å². The molecule has 8 heteroatoms. The van der Waals surface area contributed by atoms with Crippen molar-refractivity contribution in [2.24, 2.45) is 0 Å². The van der Waals surface area contributed by atoms with Crippen molar-refractivity contribution in [1.82, 2.24) is 9.78 Å². The quantitative estimate of drug-likeness (QED) is 0.474. The Morgan fingerprint density at radius 3 is 2.65 bits per heavy atom. The summed E-state index contributed by atoms with van der Waals surface area (Å²) >= 11 is 8.17. The molecule has 134 valence electrons. The number of hydrogen-bond donors (Lipinski definition) is 1. The molecular weight excluding hydrogens is 386 g/mol. The van der Waals surface area contributed by atoms with Crippen LogP contribution in [0, 0.1) is 3.95 Å². The highest BCUT2D eigenvalue weighted by atomic mass is 32.2. The van der Waals surface area contributed by atoms with E-state index in [0.29, 0.717) is 15.4 Å². The summed E-state index contributed by atoms with van der Waals surface area (Å²) < 4.78 is 8.38. The van der Waals surface area contributed by atoms with Gasteiger partial charge in [-0.15, -0.1) is 5.10 Å². The van der Waals surface area contributed by atoms with E-state index in [0.717, 1.165) is 10.0 Å². The molecule has 26 heavy (non-hydrogen) atoms. The predicted octanol–water partition coefficient (Wildman–Crippen LogP) is 4.79. The summed E-state index contributed by atoms with van der Waals surface area (Å²) in [6.45, 7) is 1.84. The molecule has 1 N–H and O–H groups in total. The van der Waals surface area contributed by atoms with E-state index in [9.17, 15) is 4.79 Å². The van der Waals surface area contributed by atoms with Crippen LogP contribution in [0.5, 0.6) is 5.75 Å². The topological polar surface area (TPSA) is 56.1 Å². The van der Waals surface area contributed by atoms with Crippen LogP contribution in [-0.2, 0) is 4.79 Å². The SMILES string of the molecule is COc1ccccc1NC(=O)[C@@H](C)Sc1nn(-c2ccccc2)c(=S)s1. The first-order chi connectivity index (χ1) is 12.6. The molecule has 1 amide bonds. The van der Waals surface area contributed by atoms with E-state index < -0.39 is 0 Å². The molecule has 3 rings (SSSR count). The molecule has 0 saturated carbocycles. The van der Waals surface area contributed by atoms with Crippen molar-refractivity contribution in [3.05, 3.63) is 58.6 Å². The molecule has 1 atom stereocenters. The van der Waals surface area contributed by atoms with Crippen LogP contribution < -0.4 is 10.1 Å². The average Bonchev–Trinajstić information content (AvgIpc) is 3.03. The van der Waals surface area contributed by atoms with Crippen molar-refractivity contribution in [3.8, 4) is 11.4 Å². The van der Waals surface area contributed by atoms with Crippen molar-refractivity contribution in [2.75, 3.05) is 12.4 Å². The second kappa shape index (κ2) is 8.48. The van der Waals surface area contributed by atoms with E-state index in [1.165, 1.54) is 23.1 Å². The van der Waals surface area contributed by atoms with E-state index in [-0.39, 0.29) is 11.2 Å². The van der Waals surface area contributed by atoms with Crippen LogP contribution in [0.15, 0.2) is 58.9 Å². The molecule has 0 aliphatic heterocycles. The zero-order valence-electron chi connectivity index (χ0n) is 14.2. The monoisotopic (exact) mass is 403 g/mol. The van der Waals surface area contributed by atoms with Crippen molar-refractivity contribution in [1.29, 1.82) is 0 Å². The summed E-state index contributed by atoms with van der Waals surface area (Å²) in [5.74, 6) is 0.508. The first-order valence-electron chi connectivity index (χ1n) is 7.84. The van der Waals surface area contributed by atoms with Crippen LogP contribution >= 0.6 is 35.3 Å². The zero-order chi connectivity index (χ0) is 18.5. The van der Waals surface area contributed by atoms with Crippen LogP contribution in [-0.4, -0.2) is 28.0 Å². The fourth-order valence-corrected chi connectivity index (χ4v) is 4.73. The lowest BCUT2D eigenvalue weighted by Gasteiger charge is -2.12. The number of thioether (sulfide) groups is 1. The predicted molar refractivity (Wildman–Crippen MR) is 109 cm³/mol. The number of ether oxygens (including phenoxy) is 1. The lowest BCUT2D eigenvalue weighted by Crippen LogP contribution is -2.22. The summed E-state index contributed by atoms with van der Waals surface area (Å²) in [4.78, 5) is 12.5. The number of rotatable bonds is 6. The molecule has 1 heterocycles. The minimum atomic E-state index is -0.329. The number of hydrogen-bond acceptors (Lipinski definition) is 6. The third-order valence-corrected chi connectivity index (χ3v) is 5.96. The van der Waals surface area contributed by atoms with E-state index in [1.807, 2.05) is 55.5 Å². The first kappa shape index (κ1) is 18.6. The van der Waals surface area contributed by atoms with Crippen molar-refractivity contribution >= 4 is 46.9 Å². The van der Waals surface area contributed by atoms with Gasteiger partial charge in [0.25, 0.3) is 0 Å². The number of carbonyl (C=O) groups excluding carboxylic acids is 1. The van der Waals surface area contributed by atoms with Gasteiger partial charge in [0, 0.05) is 0 Å². The van der Waals surface area contributed by atoms with Gasteiger partial charge in [-0.25, -0.2) is 4.68 Å². The number of methoxy groups -OCH3 is 1. The molecule has 0 bridgehead atoms. The number of nitrogens with zero attached hydrogens (tertiary/aromatic N) is 2. The third-order valence-electron chi connectivity index (χ3n) is 3.54. The molecule has 3 aromatic rings. The number of amides is 1. The van der Waals surface area contributed by atoms with E-state index in [1.54, 1.807) is 17.9 Å². The lowest BCUT2D eigenvalue weighted by molar-refractivity contribution is -0.115. The summed E-state index contributed by atoms with van der Waals surface area (Å²) in [5, 5.41) is 7.10. The van der Waals surface area contributed by atoms with Crippen LogP contribution in [0.1, 0.15) is 6.92 Å². The van der Waals surface area contributed by atoms with E-state index in [2.05, 4.69) is 10.4 Å². The normalized spacial score (nSPS) is 11.8. The van der Waals surface area contributed by atoms with Crippen LogP contribution in [0.3, 0.4) is 0 Å². The Kier molecular flexibility index (Phi) is 6.08. The van der Waals surface area contributed by atoms with Gasteiger partial charge in [0.15, 0.2) is 8.29 Å². The molecular formula is C18H17N3O2S3. The molecule has 0 saturated heterocycles. The van der Waals surface area contributed by atoms with Gasteiger partial charge in [-0.05, 0) is 43.4 Å². The number of anilines is 1. The zero-order valence-corrected chi connectivity index (χ0v) is 16.7. The van der Waals surface area contributed by atoms with E-state index in [4.69, 9.17) is 17.0 Å². The maximum Gasteiger partial charge on any atom is 0.237 e. The van der Waals surface area contributed by atoms with Gasteiger partial charge in [-0.1, -0.05) is 53.4 Å². The summed E-state index contributed by atoms with van der Waals surface area (Å²) in [6.07, 6.45) is 0. The molecule has 2 aromatic carbocycles. The third kappa shape index (κ3) is 4.32. The Morgan fingerprint density at radius 2 is 1.92 bits per heavy atom. The molecule has 0 spiro atoms. The highest BCUT2D eigenvalue weighted by Gasteiger charge is 2.18. The van der Waals surface area contributed by atoms with Gasteiger partial charge < -0.3 is 10.1 Å². The van der Waals surface area contributed by atoms with Gasteiger partial charge >= 0.3 is 0 Å². The molecule has 0 unspecified atom stereocenters. The minimum absolute atomic E-state index is 0.119. The molecule has 5 nitrogen and oxygen atoms in total. The maximum atomic E-state index is 12.5. The summed E-state index contributed by atoms with van der Waals surface area (Å²) in [5.41, 5.74) is 1.56. The summed E-state index contributed by atoms with van der Waals surface area (Å²) in [6, 6.07) is 17.0. The molecule has 0 fully saturated rings. The number of nitrogens with one attached hydrogen (secondary N) is 1. The second-order valence-corrected chi connectivity index (χ2v) is 8.54. The van der Waals surface area contributed by atoms with Crippen molar-refractivity contribution in [2.45, 2.75) is 16.5 Å². The minimum Gasteiger partial charge on any atom is -0.495 e. The van der Waals surface area contributed by atoms with Gasteiger partial charge in [0.05, 0.1) is 23.7 Å². The fraction of sp³-hybridized carbons (Fsp3) is 0.167. The Labute approximate surface area is 165 Å². The van der Waals surface area contributed by atoms with Gasteiger partial charge in [-0.2, -0.15) is 0 Å². The van der Waals surface area contributed by atoms with Crippen molar-refractivity contribution < 1.29 is 9.53 Å². The standard InChI is InChI=1S/C18H17N3O2S3/c1-12(16(22)19-14-10-6-7-11-15(14)23-2)25-17-20-21(18(24)26-17)13-8-4-3-5-9-13/h3-12H,1-2H3,(H,19,22)/t12-/m1/s1. The first-order valence-corrected chi connectivity index (χ1v) is 9.95. The van der Waals surface area contributed by atoms with Crippen molar-refractivity contribution in [3.63, 3.8) is 0 Å². The van der Waals surface area contributed by atoms with Gasteiger partial charge in [-0.3, -0.25) is 4.79 Å².